The number of nitrogens with one attached hydrogen (secondary N) is 1. The van der Waals surface area contributed by atoms with E-state index in [-0.39, 0.29) is 12.7 Å². The van der Waals surface area contributed by atoms with E-state index in [0.29, 0.717) is 10.9 Å². The molecule has 1 saturated heterocycles. The molecule has 0 radical (unpaired) electrons. The van der Waals surface area contributed by atoms with Crippen LogP contribution in [0.2, 0.25) is 5.02 Å². The first kappa shape index (κ1) is 12.7. The molecule has 3 nitrogen and oxygen atoms in total. The molecule has 1 aromatic rings. The van der Waals surface area contributed by atoms with Gasteiger partial charge in [0, 0.05) is 17.5 Å². The van der Waals surface area contributed by atoms with Gasteiger partial charge in [-0.2, -0.15) is 0 Å². The molecule has 0 saturated carbocycles. The quantitative estimate of drug-likeness (QED) is 0.865. The zero-order valence-corrected chi connectivity index (χ0v) is 10.7. The molecule has 94 valence electrons. The van der Waals surface area contributed by atoms with Gasteiger partial charge in [-0.25, -0.2) is 0 Å². The van der Waals surface area contributed by atoms with Crippen LogP contribution in [0, 0.1) is 12.8 Å². The van der Waals surface area contributed by atoms with E-state index in [1.165, 1.54) is 0 Å². The van der Waals surface area contributed by atoms with Crippen LogP contribution in [0.4, 0.5) is 0 Å². The molecule has 0 spiro atoms. The lowest BCUT2D eigenvalue weighted by molar-refractivity contribution is 0.0736. The van der Waals surface area contributed by atoms with Gasteiger partial charge in [0.25, 0.3) is 0 Å². The fraction of sp³-hybridized carbons (Fsp3) is 0.538. The molecule has 0 bridgehead atoms. The minimum Gasteiger partial charge on any atom is -0.487 e. The second kappa shape index (κ2) is 5.71. The van der Waals surface area contributed by atoms with Gasteiger partial charge in [-0.05, 0) is 43.7 Å². The molecule has 17 heavy (non-hydrogen) atoms. The molecule has 1 aliphatic heterocycles. The molecule has 2 atom stereocenters. The van der Waals surface area contributed by atoms with Crippen LogP contribution in [0.3, 0.4) is 0 Å². The van der Waals surface area contributed by atoms with Crippen LogP contribution in [0.5, 0.6) is 5.75 Å². The van der Waals surface area contributed by atoms with Crippen LogP contribution in [0.15, 0.2) is 18.2 Å². The lowest BCUT2D eigenvalue weighted by Crippen LogP contribution is -2.32. The van der Waals surface area contributed by atoms with Crippen LogP contribution in [-0.4, -0.2) is 30.9 Å². The lowest BCUT2D eigenvalue weighted by Gasteiger charge is -2.23. The van der Waals surface area contributed by atoms with Gasteiger partial charge in [0.15, 0.2) is 0 Å². The van der Waals surface area contributed by atoms with Crippen LogP contribution >= 0.6 is 11.6 Å². The highest BCUT2D eigenvalue weighted by molar-refractivity contribution is 6.30. The molecule has 0 aromatic heterocycles. The highest BCUT2D eigenvalue weighted by Gasteiger charge is 2.26. The second-order valence-electron chi connectivity index (χ2n) is 4.50. The number of ether oxygens (including phenoxy) is 1. The van der Waals surface area contributed by atoms with Crippen LogP contribution in [0.1, 0.15) is 12.0 Å². The van der Waals surface area contributed by atoms with E-state index < -0.39 is 0 Å². The van der Waals surface area contributed by atoms with Crippen molar-refractivity contribution >= 4 is 11.6 Å². The fourth-order valence-corrected chi connectivity index (χ4v) is 2.41. The van der Waals surface area contributed by atoms with E-state index in [0.717, 1.165) is 30.8 Å². The van der Waals surface area contributed by atoms with E-state index in [4.69, 9.17) is 16.3 Å². The number of aryl methyl sites for hydroxylation is 1. The van der Waals surface area contributed by atoms with Gasteiger partial charge in [-0.1, -0.05) is 11.6 Å². The number of rotatable bonds is 4. The largest absolute Gasteiger partial charge is 0.487 e. The van der Waals surface area contributed by atoms with Gasteiger partial charge in [0.05, 0.1) is 6.61 Å². The van der Waals surface area contributed by atoms with Crippen molar-refractivity contribution < 1.29 is 9.84 Å². The normalized spacial score (nSPS) is 21.5. The highest BCUT2D eigenvalue weighted by atomic mass is 35.5. The van der Waals surface area contributed by atoms with E-state index in [1.807, 2.05) is 25.1 Å². The summed E-state index contributed by atoms with van der Waals surface area (Å²) in [5.74, 6) is 1.19. The fourth-order valence-electron chi connectivity index (χ4n) is 2.19. The SMILES string of the molecule is Cc1cc(Cl)ccc1O[C@H](CO)[C@@H]1CCNC1. The summed E-state index contributed by atoms with van der Waals surface area (Å²) in [4.78, 5) is 0. The molecular formula is C13H18ClNO2. The first-order valence-corrected chi connectivity index (χ1v) is 6.33. The Bertz CT molecular complexity index is 378. The first-order valence-electron chi connectivity index (χ1n) is 5.95. The zero-order chi connectivity index (χ0) is 12.3. The maximum atomic E-state index is 9.41. The Morgan fingerprint density at radius 1 is 1.59 bits per heavy atom. The molecule has 0 unspecified atom stereocenters. The molecule has 1 aliphatic rings. The van der Waals surface area contributed by atoms with Crippen molar-refractivity contribution in [3.63, 3.8) is 0 Å². The molecule has 1 heterocycles. The lowest BCUT2D eigenvalue weighted by atomic mass is 10.0. The summed E-state index contributed by atoms with van der Waals surface area (Å²) < 4.78 is 5.88. The highest BCUT2D eigenvalue weighted by Crippen LogP contribution is 2.25. The molecular weight excluding hydrogens is 238 g/mol. The molecule has 4 heteroatoms. The predicted molar refractivity (Wildman–Crippen MR) is 68.7 cm³/mol. The van der Waals surface area contributed by atoms with E-state index >= 15 is 0 Å². The van der Waals surface area contributed by atoms with Crippen LogP contribution in [-0.2, 0) is 0 Å². The number of aliphatic hydroxyl groups is 1. The van der Waals surface area contributed by atoms with Crippen molar-refractivity contribution in [3.8, 4) is 5.75 Å². The van der Waals surface area contributed by atoms with E-state index in [1.54, 1.807) is 0 Å². The topological polar surface area (TPSA) is 41.5 Å². The van der Waals surface area contributed by atoms with Crippen molar-refractivity contribution in [1.82, 2.24) is 5.32 Å². The Balaban J connectivity index is 2.06. The summed E-state index contributed by atoms with van der Waals surface area (Å²) in [7, 11) is 0. The van der Waals surface area contributed by atoms with Crippen LogP contribution in [0.25, 0.3) is 0 Å². The summed E-state index contributed by atoms with van der Waals surface area (Å²) in [6, 6.07) is 5.55. The molecule has 2 rings (SSSR count). The molecule has 0 amide bonds. The summed E-state index contributed by atoms with van der Waals surface area (Å²) in [6.45, 7) is 3.93. The third-order valence-electron chi connectivity index (χ3n) is 3.22. The smallest absolute Gasteiger partial charge is 0.126 e. The minimum atomic E-state index is -0.134. The number of benzene rings is 1. The van der Waals surface area contributed by atoms with Gasteiger partial charge in [0.2, 0.25) is 0 Å². The number of aliphatic hydroxyl groups excluding tert-OH is 1. The van der Waals surface area contributed by atoms with Gasteiger partial charge < -0.3 is 15.2 Å². The third kappa shape index (κ3) is 3.12. The van der Waals surface area contributed by atoms with Crippen molar-refractivity contribution in [2.75, 3.05) is 19.7 Å². The Morgan fingerprint density at radius 2 is 2.41 bits per heavy atom. The Labute approximate surface area is 107 Å². The summed E-state index contributed by atoms with van der Waals surface area (Å²) in [5, 5.41) is 13.4. The van der Waals surface area contributed by atoms with Gasteiger partial charge in [0.1, 0.15) is 11.9 Å². The van der Waals surface area contributed by atoms with Crippen molar-refractivity contribution in [2.45, 2.75) is 19.4 Å². The Hall–Kier alpha value is -0.770. The van der Waals surface area contributed by atoms with Gasteiger partial charge in [-0.15, -0.1) is 0 Å². The molecule has 1 fully saturated rings. The van der Waals surface area contributed by atoms with E-state index in [9.17, 15) is 5.11 Å². The predicted octanol–water partition coefficient (Wildman–Crippen LogP) is 2.00. The molecule has 0 aliphatic carbocycles. The Kier molecular flexibility index (Phi) is 4.26. The maximum Gasteiger partial charge on any atom is 0.126 e. The van der Waals surface area contributed by atoms with Gasteiger partial charge in [-0.3, -0.25) is 0 Å². The van der Waals surface area contributed by atoms with Gasteiger partial charge >= 0.3 is 0 Å². The first-order chi connectivity index (χ1) is 8.20. The second-order valence-corrected chi connectivity index (χ2v) is 4.94. The summed E-state index contributed by atoms with van der Waals surface area (Å²) in [5.41, 5.74) is 1.00. The average molecular weight is 256 g/mol. The number of hydrogen-bond donors (Lipinski definition) is 2. The van der Waals surface area contributed by atoms with Crippen LogP contribution < -0.4 is 10.1 Å². The molecule has 1 aromatic carbocycles. The Morgan fingerprint density at radius 3 is 3.00 bits per heavy atom. The molecule has 2 N–H and O–H groups in total. The number of halogens is 1. The van der Waals surface area contributed by atoms with Crippen molar-refractivity contribution in [1.29, 1.82) is 0 Å². The van der Waals surface area contributed by atoms with Crippen molar-refractivity contribution in [2.24, 2.45) is 5.92 Å². The number of hydrogen-bond acceptors (Lipinski definition) is 3. The summed E-state index contributed by atoms with van der Waals surface area (Å²) in [6.07, 6.45) is 0.919. The van der Waals surface area contributed by atoms with E-state index in [2.05, 4.69) is 5.32 Å². The standard InChI is InChI=1S/C13H18ClNO2/c1-9-6-11(14)2-3-12(9)17-13(8-16)10-4-5-15-7-10/h2-3,6,10,13,15-16H,4-5,7-8H2,1H3/t10-,13-/m1/s1. The summed E-state index contributed by atoms with van der Waals surface area (Å²) >= 11 is 5.90. The van der Waals surface area contributed by atoms with Crippen molar-refractivity contribution in [3.05, 3.63) is 28.8 Å². The average Bonchev–Trinajstić information content (AvgIpc) is 2.81. The minimum absolute atomic E-state index is 0.0500. The zero-order valence-electron chi connectivity index (χ0n) is 9.95. The third-order valence-corrected chi connectivity index (χ3v) is 3.45. The maximum absolute atomic E-state index is 9.41. The monoisotopic (exact) mass is 255 g/mol.